The number of anilines is 4. The molecule has 4 heterocycles. The zero-order valence-corrected chi connectivity index (χ0v) is 21.8. The van der Waals surface area contributed by atoms with Gasteiger partial charge in [0.25, 0.3) is 0 Å². The minimum atomic E-state index is -0.191. The molecule has 3 aromatic heterocycles. The Kier molecular flexibility index (Phi) is 7.14. The van der Waals surface area contributed by atoms with E-state index in [4.69, 9.17) is 19.9 Å². The van der Waals surface area contributed by atoms with Crippen molar-refractivity contribution in [3.05, 3.63) is 59.8 Å². The van der Waals surface area contributed by atoms with Gasteiger partial charge in [0.2, 0.25) is 5.95 Å². The second-order valence-electron chi connectivity index (χ2n) is 10.1. The van der Waals surface area contributed by atoms with Crippen LogP contribution >= 0.6 is 11.3 Å². The van der Waals surface area contributed by atoms with Crippen LogP contribution in [0.3, 0.4) is 0 Å². The van der Waals surface area contributed by atoms with Gasteiger partial charge in [-0.1, -0.05) is 41.7 Å². The molecule has 3 N–H and O–H groups in total. The van der Waals surface area contributed by atoms with Crippen LogP contribution in [0.5, 0.6) is 0 Å². The minimum Gasteiger partial charge on any atom is -0.393 e. The van der Waals surface area contributed by atoms with Crippen molar-refractivity contribution < 1.29 is 5.11 Å². The standard InChI is InChI=1S/C28H33N7OS/c36-22-11-9-20(10-12-22)29-27-30-21(17-19-7-3-1-4-8-19)18-24(32-27)33-28-31-23-13-14-25(34-26(23)37-28)35-15-5-2-6-16-35/h1,3-4,7-8,13-14,18,20,22,36H,2,5-6,9-12,15-17H2,(H2,29,30,31,32,33). The van der Waals surface area contributed by atoms with Gasteiger partial charge in [-0.2, -0.15) is 4.98 Å². The lowest BCUT2D eigenvalue weighted by Crippen LogP contribution is -2.29. The summed E-state index contributed by atoms with van der Waals surface area (Å²) in [7, 11) is 0. The summed E-state index contributed by atoms with van der Waals surface area (Å²) in [5.74, 6) is 2.37. The quantitative estimate of drug-likeness (QED) is 0.296. The molecule has 0 atom stereocenters. The van der Waals surface area contributed by atoms with E-state index in [1.54, 1.807) is 11.3 Å². The highest BCUT2D eigenvalue weighted by Gasteiger charge is 2.21. The van der Waals surface area contributed by atoms with Gasteiger partial charge in [-0.25, -0.2) is 15.0 Å². The highest BCUT2D eigenvalue weighted by atomic mass is 32.1. The molecule has 0 bridgehead atoms. The Morgan fingerprint density at radius 1 is 0.892 bits per heavy atom. The monoisotopic (exact) mass is 515 g/mol. The summed E-state index contributed by atoms with van der Waals surface area (Å²) >= 11 is 1.55. The van der Waals surface area contributed by atoms with Crippen LogP contribution in [0.2, 0.25) is 0 Å². The third kappa shape index (κ3) is 5.99. The number of nitrogens with one attached hydrogen (secondary N) is 2. The number of fused-ring (bicyclic) bond motifs is 1. The molecule has 1 aliphatic carbocycles. The summed E-state index contributed by atoms with van der Waals surface area (Å²) in [6.45, 7) is 2.15. The number of nitrogens with zero attached hydrogens (tertiary/aromatic N) is 5. The molecule has 6 rings (SSSR count). The summed E-state index contributed by atoms with van der Waals surface area (Å²) in [4.78, 5) is 22.6. The van der Waals surface area contributed by atoms with Gasteiger partial charge >= 0.3 is 0 Å². The molecule has 9 heteroatoms. The van der Waals surface area contributed by atoms with Crippen molar-refractivity contribution in [3.63, 3.8) is 0 Å². The molecule has 0 amide bonds. The maximum Gasteiger partial charge on any atom is 0.225 e. The van der Waals surface area contributed by atoms with E-state index >= 15 is 0 Å². The molecule has 2 fully saturated rings. The van der Waals surface area contributed by atoms with Gasteiger partial charge in [0, 0.05) is 31.6 Å². The number of aliphatic hydroxyl groups excluding tert-OH is 1. The van der Waals surface area contributed by atoms with Gasteiger partial charge in [-0.05, 0) is 62.6 Å². The summed E-state index contributed by atoms with van der Waals surface area (Å²) < 4.78 is 0. The molecule has 0 spiro atoms. The van der Waals surface area contributed by atoms with Crippen molar-refractivity contribution in [1.29, 1.82) is 0 Å². The Bertz CT molecular complexity index is 1330. The number of piperidine rings is 1. The fourth-order valence-electron chi connectivity index (χ4n) is 5.19. The predicted molar refractivity (Wildman–Crippen MR) is 150 cm³/mol. The van der Waals surface area contributed by atoms with Crippen LogP contribution in [0.1, 0.15) is 56.2 Å². The Balaban J connectivity index is 1.24. The highest BCUT2D eigenvalue weighted by Crippen LogP contribution is 2.30. The Labute approximate surface area is 221 Å². The van der Waals surface area contributed by atoms with E-state index in [0.717, 1.165) is 78.0 Å². The third-order valence-corrected chi connectivity index (χ3v) is 8.07. The Morgan fingerprint density at radius 2 is 1.70 bits per heavy atom. The second kappa shape index (κ2) is 11.0. The fourth-order valence-corrected chi connectivity index (χ4v) is 6.03. The smallest absolute Gasteiger partial charge is 0.225 e. The number of aromatic nitrogens is 4. The summed E-state index contributed by atoms with van der Waals surface area (Å²) in [6, 6.07) is 16.8. The number of thiazole rings is 1. The zero-order chi connectivity index (χ0) is 25.0. The zero-order valence-electron chi connectivity index (χ0n) is 20.9. The van der Waals surface area contributed by atoms with Gasteiger partial charge in [-0.15, -0.1) is 0 Å². The molecule has 2 aliphatic rings. The van der Waals surface area contributed by atoms with Crippen molar-refractivity contribution in [2.24, 2.45) is 0 Å². The molecule has 1 aliphatic heterocycles. The van der Waals surface area contributed by atoms with Crippen molar-refractivity contribution >= 4 is 44.4 Å². The summed E-state index contributed by atoms with van der Waals surface area (Å²) in [5.41, 5.74) is 3.04. The van der Waals surface area contributed by atoms with E-state index in [1.807, 2.05) is 12.1 Å². The molecule has 192 valence electrons. The maximum absolute atomic E-state index is 9.88. The second-order valence-corrected chi connectivity index (χ2v) is 11.0. The largest absolute Gasteiger partial charge is 0.393 e. The SMILES string of the molecule is OC1CCC(Nc2nc(Cc3ccccc3)cc(Nc3nc4ccc(N5CCCCC5)nc4s3)n2)CC1. The molecule has 0 radical (unpaired) electrons. The summed E-state index contributed by atoms with van der Waals surface area (Å²) in [5, 5.41) is 17.6. The van der Waals surface area contributed by atoms with Crippen LogP contribution < -0.4 is 15.5 Å². The van der Waals surface area contributed by atoms with Crippen molar-refractivity contribution in [1.82, 2.24) is 19.9 Å². The topological polar surface area (TPSA) is 99.1 Å². The third-order valence-electron chi connectivity index (χ3n) is 7.19. The molecule has 1 saturated heterocycles. The molecule has 1 aromatic carbocycles. The average molecular weight is 516 g/mol. The number of benzene rings is 1. The van der Waals surface area contributed by atoms with Crippen LogP contribution in [-0.2, 0) is 6.42 Å². The summed E-state index contributed by atoms with van der Waals surface area (Å²) in [6.07, 6.45) is 7.74. The van der Waals surface area contributed by atoms with Gasteiger partial charge in [0.05, 0.1) is 11.8 Å². The van der Waals surface area contributed by atoms with Gasteiger partial charge < -0.3 is 20.6 Å². The van der Waals surface area contributed by atoms with Crippen LogP contribution in [0.25, 0.3) is 10.3 Å². The van der Waals surface area contributed by atoms with Gasteiger partial charge in [-0.3, -0.25) is 0 Å². The molecule has 1 saturated carbocycles. The molecule has 0 unspecified atom stereocenters. The number of aliphatic hydroxyl groups is 1. The first-order valence-corrected chi connectivity index (χ1v) is 14.2. The van der Waals surface area contributed by atoms with Crippen LogP contribution in [0.15, 0.2) is 48.5 Å². The first-order chi connectivity index (χ1) is 18.2. The van der Waals surface area contributed by atoms with Gasteiger partial charge in [0.1, 0.15) is 22.0 Å². The lowest BCUT2D eigenvalue weighted by Gasteiger charge is -2.27. The van der Waals surface area contributed by atoms with E-state index in [1.165, 1.54) is 24.8 Å². The van der Waals surface area contributed by atoms with Crippen LogP contribution in [0, 0.1) is 0 Å². The van der Waals surface area contributed by atoms with E-state index in [-0.39, 0.29) is 12.1 Å². The first-order valence-electron chi connectivity index (χ1n) is 13.3. The molecule has 8 nitrogen and oxygen atoms in total. The normalized spacial score (nSPS) is 20.2. The van der Waals surface area contributed by atoms with Crippen LogP contribution in [0.4, 0.5) is 22.7 Å². The number of hydrogen-bond acceptors (Lipinski definition) is 9. The van der Waals surface area contributed by atoms with E-state index in [2.05, 4.69) is 51.9 Å². The van der Waals surface area contributed by atoms with E-state index in [0.29, 0.717) is 5.95 Å². The fraction of sp³-hybridized carbons (Fsp3) is 0.429. The van der Waals surface area contributed by atoms with Crippen molar-refractivity contribution in [2.75, 3.05) is 28.6 Å². The van der Waals surface area contributed by atoms with Gasteiger partial charge in [0.15, 0.2) is 5.13 Å². The molecular formula is C28H33N7OS. The lowest BCUT2D eigenvalue weighted by molar-refractivity contribution is 0.126. The predicted octanol–water partition coefficient (Wildman–Crippen LogP) is 5.52. The van der Waals surface area contributed by atoms with E-state index in [9.17, 15) is 5.11 Å². The van der Waals surface area contributed by atoms with Crippen molar-refractivity contribution in [3.8, 4) is 0 Å². The van der Waals surface area contributed by atoms with E-state index < -0.39 is 0 Å². The lowest BCUT2D eigenvalue weighted by atomic mass is 9.93. The highest BCUT2D eigenvalue weighted by molar-refractivity contribution is 7.21. The first kappa shape index (κ1) is 24.1. The Morgan fingerprint density at radius 3 is 2.51 bits per heavy atom. The Hall–Kier alpha value is -3.30. The van der Waals surface area contributed by atoms with Crippen molar-refractivity contribution in [2.45, 2.75) is 63.5 Å². The maximum atomic E-state index is 9.88. The molecule has 4 aromatic rings. The minimum absolute atomic E-state index is 0.191. The number of hydrogen-bond donors (Lipinski definition) is 3. The number of pyridine rings is 1. The number of rotatable bonds is 7. The molecular weight excluding hydrogens is 482 g/mol. The van der Waals surface area contributed by atoms with Crippen LogP contribution in [-0.4, -0.2) is 50.3 Å². The molecule has 37 heavy (non-hydrogen) atoms. The average Bonchev–Trinajstić information content (AvgIpc) is 3.32.